The third-order valence-electron chi connectivity index (χ3n) is 2.56. The topological polar surface area (TPSA) is 39.1 Å². The third-order valence-corrected chi connectivity index (χ3v) is 3.56. The molecule has 1 aromatic carbocycles. The average Bonchev–Trinajstić information content (AvgIpc) is 2.44. The predicted octanol–water partition coefficient (Wildman–Crippen LogP) is 2.56. The average molecular weight is 258 g/mol. The zero-order valence-corrected chi connectivity index (χ0v) is 10.6. The predicted molar refractivity (Wildman–Crippen MR) is 66.1 cm³/mol. The molecule has 2 rings (SSSR count). The van der Waals surface area contributed by atoms with E-state index in [4.69, 9.17) is 10.7 Å². The maximum absolute atomic E-state index is 11.0. The molecule has 1 heterocycles. The Balaban J connectivity index is 2.59. The van der Waals surface area contributed by atoms with Crippen molar-refractivity contribution >= 4 is 30.6 Å². The number of hydrogen-bond donors (Lipinski definition) is 0. The van der Waals surface area contributed by atoms with Crippen molar-refractivity contribution in [2.45, 2.75) is 12.7 Å². The van der Waals surface area contributed by atoms with Gasteiger partial charge in [-0.15, -0.1) is 0 Å². The van der Waals surface area contributed by atoms with E-state index in [-0.39, 0.29) is 5.75 Å². The molecule has 3 nitrogen and oxygen atoms in total. The van der Waals surface area contributed by atoms with Crippen LogP contribution in [-0.2, 0) is 21.9 Å². The van der Waals surface area contributed by atoms with Crippen LogP contribution in [0.1, 0.15) is 11.1 Å². The van der Waals surface area contributed by atoms with Crippen LogP contribution in [0.15, 0.2) is 24.4 Å². The number of fused-ring (bicyclic) bond motifs is 1. The fraction of sp³-hybridized carbons (Fsp3) is 0.273. The van der Waals surface area contributed by atoms with E-state index in [1.165, 1.54) is 0 Å². The number of aryl methyl sites for hydroxylation is 2. The molecule has 0 spiro atoms. The Kier molecular flexibility index (Phi) is 2.72. The van der Waals surface area contributed by atoms with E-state index in [1.807, 2.05) is 42.9 Å². The lowest BCUT2D eigenvalue weighted by atomic mass is 10.1. The molecule has 0 saturated heterocycles. The highest BCUT2D eigenvalue weighted by Crippen LogP contribution is 2.23. The van der Waals surface area contributed by atoms with E-state index >= 15 is 0 Å². The summed E-state index contributed by atoms with van der Waals surface area (Å²) in [4.78, 5) is 0. The van der Waals surface area contributed by atoms with Crippen molar-refractivity contribution in [2.24, 2.45) is 7.05 Å². The van der Waals surface area contributed by atoms with Gasteiger partial charge in [0.15, 0.2) is 0 Å². The van der Waals surface area contributed by atoms with Crippen LogP contribution in [0.4, 0.5) is 0 Å². The first-order chi connectivity index (χ1) is 7.37. The van der Waals surface area contributed by atoms with E-state index in [0.29, 0.717) is 0 Å². The maximum atomic E-state index is 11.0. The van der Waals surface area contributed by atoms with E-state index < -0.39 is 9.05 Å². The molecule has 0 aliphatic heterocycles. The van der Waals surface area contributed by atoms with Gasteiger partial charge in [0.1, 0.15) is 0 Å². The standard InChI is InChI=1S/C11H12ClNO2S/c1-8-5-9(7-16(12,14)15)6-10-3-4-13(2)11(8)10/h3-6H,7H2,1-2H3. The molecule has 86 valence electrons. The summed E-state index contributed by atoms with van der Waals surface area (Å²) < 4.78 is 24.0. The van der Waals surface area contributed by atoms with E-state index in [2.05, 4.69) is 0 Å². The minimum Gasteiger partial charge on any atom is -0.350 e. The highest BCUT2D eigenvalue weighted by Gasteiger charge is 2.10. The van der Waals surface area contributed by atoms with Crippen LogP contribution in [0.3, 0.4) is 0 Å². The molecular formula is C11H12ClNO2S. The molecule has 0 N–H and O–H groups in total. The molecule has 5 heteroatoms. The lowest BCUT2D eigenvalue weighted by Gasteiger charge is -2.04. The SMILES string of the molecule is Cc1cc(CS(=O)(=O)Cl)cc2ccn(C)c12. The molecular weight excluding hydrogens is 246 g/mol. The fourth-order valence-corrected chi connectivity index (χ4v) is 2.98. The van der Waals surface area contributed by atoms with Crippen molar-refractivity contribution < 1.29 is 8.42 Å². The Morgan fingerprint density at radius 2 is 2.06 bits per heavy atom. The molecule has 0 radical (unpaired) electrons. The lowest BCUT2D eigenvalue weighted by Crippen LogP contribution is -1.96. The second kappa shape index (κ2) is 3.79. The summed E-state index contributed by atoms with van der Waals surface area (Å²) in [6, 6.07) is 5.69. The van der Waals surface area contributed by atoms with Gasteiger partial charge in [-0.25, -0.2) is 8.42 Å². The minimum absolute atomic E-state index is 0.125. The number of aromatic nitrogens is 1. The molecule has 0 aliphatic carbocycles. The highest BCUT2D eigenvalue weighted by molar-refractivity contribution is 8.13. The van der Waals surface area contributed by atoms with Gasteiger partial charge in [-0.1, -0.05) is 6.07 Å². The van der Waals surface area contributed by atoms with Crippen LogP contribution in [-0.4, -0.2) is 13.0 Å². The number of nitrogens with zero attached hydrogens (tertiary/aromatic N) is 1. The minimum atomic E-state index is -3.49. The van der Waals surface area contributed by atoms with Crippen molar-refractivity contribution in [3.8, 4) is 0 Å². The third kappa shape index (κ3) is 2.23. The fourth-order valence-electron chi connectivity index (χ4n) is 2.04. The summed E-state index contributed by atoms with van der Waals surface area (Å²) in [5.74, 6) is -0.125. The molecule has 0 saturated carbocycles. The number of halogens is 1. The first kappa shape index (κ1) is 11.5. The first-order valence-corrected chi connectivity index (χ1v) is 7.31. The molecule has 0 fully saturated rings. The summed E-state index contributed by atoms with van der Waals surface area (Å²) in [6.45, 7) is 1.96. The Morgan fingerprint density at radius 3 is 2.69 bits per heavy atom. The molecule has 0 aliphatic rings. The van der Waals surface area contributed by atoms with Crippen molar-refractivity contribution in [3.05, 3.63) is 35.5 Å². The molecule has 16 heavy (non-hydrogen) atoms. The molecule has 1 aromatic heterocycles. The monoisotopic (exact) mass is 257 g/mol. The zero-order valence-electron chi connectivity index (χ0n) is 9.07. The van der Waals surface area contributed by atoms with Gasteiger partial charge in [-0.05, 0) is 30.2 Å². The zero-order chi connectivity index (χ0) is 11.9. The van der Waals surface area contributed by atoms with Gasteiger partial charge >= 0.3 is 0 Å². The Hall–Kier alpha value is -1.00. The van der Waals surface area contributed by atoms with Gasteiger partial charge in [0.05, 0.1) is 11.3 Å². The molecule has 0 unspecified atom stereocenters. The molecule has 2 aromatic rings. The summed E-state index contributed by atoms with van der Waals surface area (Å²) in [6.07, 6.45) is 1.96. The van der Waals surface area contributed by atoms with E-state index in [9.17, 15) is 8.42 Å². The van der Waals surface area contributed by atoms with E-state index in [1.54, 1.807) is 0 Å². The van der Waals surface area contributed by atoms with Crippen molar-refractivity contribution in [2.75, 3.05) is 0 Å². The van der Waals surface area contributed by atoms with Gasteiger partial charge < -0.3 is 4.57 Å². The largest absolute Gasteiger partial charge is 0.350 e. The number of hydrogen-bond acceptors (Lipinski definition) is 2. The normalized spacial score (nSPS) is 12.2. The summed E-state index contributed by atoms with van der Waals surface area (Å²) in [5, 5.41) is 1.04. The maximum Gasteiger partial charge on any atom is 0.236 e. The van der Waals surface area contributed by atoms with Crippen molar-refractivity contribution in [1.82, 2.24) is 4.57 Å². The summed E-state index contributed by atoms with van der Waals surface area (Å²) in [7, 11) is 3.72. The Labute approximate surface area is 99.1 Å². The van der Waals surface area contributed by atoms with Crippen LogP contribution < -0.4 is 0 Å². The van der Waals surface area contributed by atoms with Crippen LogP contribution in [0, 0.1) is 6.92 Å². The Morgan fingerprint density at radius 1 is 1.38 bits per heavy atom. The van der Waals surface area contributed by atoms with E-state index in [0.717, 1.165) is 22.0 Å². The molecule has 0 bridgehead atoms. The molecule has 0 amide bonds. The van der Waals surface area contributed by atoms with Crippen LogP contribution in [0.2, 0.25) is 0 Å². The Bertz CT molecular complexity index is 643. The van der Waals surface area contributed by atoms with Crippen LogP contribution >= 0.6 is 10.7 Å². The van der Waals surface area contributed by atoms with Gasteiger partial charge in [0, 0.05) is 29.3 Å². The molecule has 0 atom stereocenters. The number of benzene rings is 1. The smallest absolute Gasteiger partial charge is 0.236 e. The van der Waals surface area contributed by atoms with Crippen LogP contribution in [0.5, 0.6) is 0 Å². The second-order valence-corrected chi connectivity index (χ2v) is 6.74. The van der Waals surface area contributed by atoms with Gasteiger partial charge in [0.25, 0.3) is 0 Å². The van der Waals surface area contributed by atoms with Crippen LogP contribution in [0.25, 0.3) is 10.9 Å². The lowest BCUT2D eigenvalue weighted by molar-refractivity contribution is 0.609. The summed E-state index contributed by atoms with van der Waals surface area (Å²) >= 11 is 0. The first-order valence-electron chi connectivity index (χ1n) is 4.84. The highest BCUT2D eigenvalue weighted by atomic mass is 35.7. The second-order valence-electron chi connectivity index (χ2n) is 3.96. The summed E-state index contributed by atoms with van der Waals surface area (Å²) in [5.41, 5.74) is 2.90. The van der Waals surface area contributed by atoms with Gasteiger partial charge in [0.2, 0.25) is 9.05 Å². The quantitative estimate of drug-likeness (QED) is 0.776. The van der Waals surface area contributed by atoms with Gasteiger partial charge in [-0.2, -0.15) is 0 Å². The number of rotatable bonds is 2. The van der Waals surface area contributed by atoms with Crippen molar-refractivity contribution in [3.63, 3.8) is 0 Å². The van der Waals surface area contributed by atoms with Gasteiger partial charge in [-0.3, -0.25) is 0 Å². The van der Waals surface area contributed by atoms with Crippen molar-refractivity contribution in [1.29, 1.82) is 0 Å².